The number of nitrogens with zero attached hydrogens (tertiary/aromatic N) is 1. The summed E-state index contributed by atoms with van der Waals surface area (Å²) >= 11 is 0. The summed E-state index contributed by atoms with van der Waals surface area (Å²) in [6.07, 6.45) is 9.14. The number of hydrogen-bond acceptors (Lipinski definition) is 1. The Hall–Kier alpha value is -3.84. The van der Waals surface area contributed by atoms with Gasteiger partial charge in [0.05, 0.1) is 0 Å². The van der Waals surface area contributed by atoms with Gasteiger partial charge < -0.3 is 4.90 Å². The van der Waals surface area contributed by atoms with Crippen LogP contribution in [0.5, 0.6) is 0 Å². The molecule has 2 aliphatic carbocycles. The molecule has 2 aliphatic rings. The molecule has 4 aromatic rings. The van der Waals surface area contributed by atoms with Gasteiger partial charge in [0.15, 0.2) is 0 Å². The molecule has 0 amide bonds. The van der Waals surface area contributed by atoms with E-state index in [2.05, 4.69) is 135 Å². The van der Waals surface area contributed by atoms with E-state index >= 15 is 0 Å². The number of hydrogen-bond donors (Lipinski definition) is 0. The topological polar surface area (TPSA) is 3.24 Å². The summed E-state index contributed by atoms with van der Waals surface area (Å²) in [4.78, 5) is 2.36. The number of fused-ring (bicyclic) bond motifs is 3. The van der Waals surface area contributed by atoms with Crippen molar-refractivity contribution in [3.63, 3.8) is 0 Å². The van der Waals surface area contributed by atoms with Crippen LogP contribution in [-0.2, 0) is 5.41 Å². The van der Waals surface area contributed by atoms with Crippen molar-refractivity contribution < 1.29 is 0 Å². The Kier molecular flexibility index (Phi) is 5.22. The molecule has 0 atom stereocenters. The second-order valence-electron chi connectivity index (χ2n) is 10.2. The molecule has 0 unspecified atom stereocenters. The van der Waals surface area contributed by atoms with Crippen LogP contribution in [0.3, 0.4) is 0 Å². The molecule has 0 radical (unpaired) electrons. The standard InChI is InChI=1S/C34H31N/c1-34(2)31-17-11-10-16-29(31)30-21-19-27(23-32(30)34)35(3)33-22-26(24-12-6-4-7-13-24)18-20-28(33)25-14-8-5-9-15-25/h5-6,8-23H,4,7H2,1-3H3. The monoisotopic (exact) mass is 453 g/mol. The number of allylic oxidation sites excluding steroid dienone is 4. The first-order valence-corrected chi connectivity index (χ1v) is 12.6. The number of anilines is 2. The molecule has 0 aromatic heterocycles. The van der Waals surface area contributed by atoms with Crippen LogP contribution in [0, 0.1) is 0 Å². The Balaban J connectivity index is 1.48. The minimum atomic E-state index is -0.00934. The number of benzene rings is 4. The first-order chi connectivity index (χ1) is 17.0. The van der Waals surface area contributed by atoms with Crippen LogP contribution in [0.1, 0.15) is 43.4 Å². The average molecular weight is 454 g/mol. The van der Waals surface area contributed by atoms with Gasteiger partial charge >= 0.3 is 0 Å². The van der Waals surface area contributed by atoms with E-state index in [1.165, 1.54) is 55.9 Å². The van der Waals surface area contributed by atoms with Crippen molar-refractivity contribution in [1.82, 2.24) is 0 Å². The minimum absolute atomic E-state index is 0.00934. The lowest BCUT2D eigenvalue weighted by Crippen LogP contribution is -2.17. The van der Waals surface area contributed by atoms with Crippen LogP contribution in [-0.4, -0.2) is 7.05 Å². The van der Waals surface area contributed by atoms with Gasteiger partial charge in [-0.2, -0.15) is 0 Å². The fourth-order valence-electron chi connectivity index (χ4n) is 5.72. The highest BCUT2D eigenvalue weighted by Crippen LogP contribution is 2.50. The van der Waals surface area contributed by atoms with E-state index < -0.39 is 0 Å². The van der Waals surface area contributed by atoms with Crippen molar-refractivity contribution in [2.45, 2.75) is 32.1 Å². The molecule has 35 heavy (non-hydrogen) atoms. The van der Waals surface area contributed by atoms with Gasteiger partial charge in [-0.05, 0) is 70.0 Å². The van der Waals surface area contributed by atoms with E-state index in [0.29, 0.717) is 0 Å². The summed E-state index contributed by atoms with van der Waals surface area (Å²) in [6, 6.07) is 33.5. The van der Waals surface area contributed by atoms with Crippen LogP contribution < -0.4 is 4.90 Å². The van der Waals surface area contributed by atoms with Crippen molar-refractivity contribution in [2.24, 2.45) is 0 Å². The van der Waals surface area contributed by atoms with Crippen molar-refractivity contribution in [3.05, 3.63) is 126 Å². The molecule has 6 rings (SSSR count). The molecule has 0 bridgehead atoms. The lowest BCUT2D eigenvalue weighted by atomic mass is 9.82. The van der Waals surface area contributed by atoms with Gasteiger partial charge in [0.2, 0.25) is 0 Å². The maximum atomic E-state index is 2.40. The van der Waals surface area contributed by atoms with E-state index in [1.807, 2.05) is 0 Å². The van der Waals surface area contributed by atoms with E-state index in [0.717, 1.165) is 12.8 Å². The summed E-state index contributed by atoms with van der Waals surface area (Å²) in [5.74, 6) is 0. The maximum Gasteiger partial charge on any atom is 0.0494 e. The average Bonchev–Trinajstić information content (AvgIpc) is 3.15. The Morgan fingerprint density at radius 1 is 0.657 bits per heavy atom. The van der Waals surface area contributed by atoms with Crippen LogP contribution in [0.15, 0.2) is 109 Å². The zero-order valence-corrected chi connectivity index (χ0v) is 20.8. The molecule has 172 valence electrons. The van der Waals surface area contributed by atoms with Crippen molar-refractivity contribution in [2.75, 3.05) is 11.9 Å². The fourth-order valence-corrected chi connectivity index (χ4v) is 5.72. The Morgan fingerprint density at radius 2 is 1.40 bits per heavy atom. The molecular weight excluding hydrogens is 422 g/mol. The molecule has 0 N–H and O–H groups in total. The SMILES string of the molecule is CN(c1ccc2c(c1)C(C)(C)c1ccccc1-2)c1cc(C2=CCCC=C2)ccc1-c1ccccc1. The van der Waals surface area contributed by atoms with Crippen molar-refractivity contribution >= 4 is 16.9 Å². The van der Waals surface area contributed by atoms with Gasteiger partial charge in [0.1, 0.15) is 0 Å². The van der Waals surface area contributed by atoms with Gasteiger partial charge in [0, 0.05) is 29.4 Å². The Morgan fingerprint density at radius 3 is 2.20 bits per heavy atom. The molecule has 0 aliphatic heterocycles. The smallest absolute Gasteiger partial charge is 0.0494 e. The van der Waals surface area contributed by atoms with E-state index in [9.17, 15) is 0 Å². The summed E-state index contributed by atoms with van der Waals surface area (Å²) < 4.78 is 0. The molecule has 0 saturated heterocycles. The number of rotatable bonds is 4. The predicted molar refractivity (Wildman–Crippen MR) is 150 cm³/mol. The van der Waals surface area contributed by atoms with Crippen LogP contribution in [0.25, 0.3) is 27.8 Å². The largest absolute Gasteiger partial charge is 0.344 e. The first-order valence-electron chi connectivity index (χ1n) is 12.6. The van der Waals surface area contributed by atoms with Crippen LogP contribution in [0.4, 0.5) is 11.4 Å². The lowest BCUT2D eigenvalue weighted by molar-refractivity contribution is 0.660. The van der Waals surface area contributed by atoms with Gasteiger partial charge in [-0.1, -0.05) is 105 Å². The highest BCUT2D eigenvalue weighted by atomic mass is 15.1. The zero-order valence-electron chi connectivity index (χ0n) is 20.8. The molecular formula is C34H31N. The molecule has 1 heteroatoms. The third kappa shape index (κ3) is 3.63. The van der Waals surface area contributed by atoms with Gasteiger partial charge in [-0.3, -0.25) is 0 Å². The Bertz CT molecular complexity index is 1470. The first kappa shape index (κ1) is 21.7. The second kappa shape index (κ2) is 8.43. The molecule has 0 saturated carbocycles. The molecule has 0 heterocycles. The molecule has 0 spiro atoms. The molecule has 0 fully saturated rings. The third-order valence-electron chi connectivity index (χ3n) is 7.73. The Labute approximate surface area is 209 Å². The minimum Gasteiger partial charge on any atom is -0.344 e. The molecule has 4 aromatic carbocycles. The maximum absolute atomic E-state index is 2.40. The van der Waals surface area contributed by atoms with Crippen LogP contribution >= 0.6 is 0 Å². The van der Waals surface area contributed by atoms with E-state index in [4.69, 9.17) is 0 Å². The molecule has 1 nitrogen and oxygen atoms in total. The van der Waals surface area contributed by atoms with Crippen molar-refractivity contribution in [3.8, 4) is 22.3 Å². The van der Waals surface area contributed by atoms with E-state index in [1.54, 1.807) is 0 Å². The van der Waals surface area contributed by atoms with Gasteiger partial charge in [-0.15, -0.1) is 0 Å². The summed E-state index contributed by atoms with van der Waals surface area (Å²) in [6.45, 7) is 4.69. The second-order valence-corrected chi connectivity index (χ2v) is 10.2. The highest BCUT2D eigenvalue weighted by molar-refractivity contribution is 5.88. The highest BCUT2D eigenvalue weighted by Gasteiger charge is 2.35. The zero-order chi connectivity index (χ0) is 24.0. The lowest BCUT2D eigenvalue weighted by Gasteiger charge is -2.27. The third-order valence-corrected chi connectivity index (χ3v) is 7.73. The van der Waals surface area contributed by atoms with Crippen LogP contribution in [0.2, 0.25) is 0 Å². The normalized spacial score (nSPS) is 15.3. The quantitative estimate of drug-likeness (QED) is 0.298. The summed E-state index contributed by atoms with van der Waals surface area (Å²) in [7, 11) is 2.20. The van der Waals surface area contributed by atoms with Gasteiger partial charge in [-0.25, -0.2) is 0 Å². The fraction of sp³-hybridized carbons (Fsp3) is 0.176. The summed E-state index contributed by atoms with van der Waals surface area (Å²) in [5.41, 5.74) is 13.0. The van der Waals surface area contributed by atoms with Gasteiger partial charge in [0.25, 0.3) is 0 Å². The van der Waals surface area contributed by atoms with E-state index in [-0.39, 0.29) is 5.41 Å². The summed E-state index contributed by atoms with van der Waals surface area (Å²) in [5, 5.41) is 0. The predicted octanol–water partition coefficient (Wildman–Crippen LogP) is 9.16. The van der Waals surface area contributed by atoms with Crippen molar-refractivity contribution in [1.29, 1.82) is 0 Å².